The Labute approximate surface area is 168 Å². The van der Waals surface area contributed by atoms with E-state index in [1.54, 1.807) is 23.1 Å². The molecule has 150 valence electrons. The fourth-order valence-corrected chi connectivity index (χ4v) is 3.49. The maximum absolute atomic E-state index is 13.0. The summed E-state index contributed by atoms with van der Waals surface area (Å²) in [6.07, 6.45) is -2.24. The van der Waals surface area contributed by atoms with E-state index >= 15 is 0 Å². The van der Waals surface area contributed by atoms with Gasteiger partial charge in [0.25, 0.3) is 5.91 Å². The molecule has 2 aliphatic heterocycles. The number of ether oxygens (including phenoxy) is 1. The maximum Gasteiger partial charge on any atom is 0.259 e. The Morgan fingerprint density at radius 3 is 2.83 bits per heavy atom. The molecule has 2 aromatic carbocycles. The van der Waals surface area contributed by atoms with Crippen LogP contribution >= 0.6 is 0 Å². The van der Waals surface area contributed by atoms with Crippen LogP contribution in [0.5, 0.6) is 0 Å². The van der Waals surface area contributed by atoms with Crippen molar-refractivity contribution in [3.8, 4) is 0 Å². The van der Waals surface area contributed by atoms with Gasteiger partial charge in [-0.1, -0.05) is 17.7 Å². The summed E-state index contributed by atoms with van der Waals surface area (Å²) in [7, 11) is 0. The standard InChI is InChI=1S/C21H23N5O3/c1-12-2-5-15(6-3-12)26-8-9-29-18(21(26)28)17(27)20-24-11-14-10-13(19(22)23)4-7-16(14)25-20/h2-7,10,17-18,27H,8-9,11H2,1H3,(H3,22,23)(H,24,25)/t17-,18-/m1/s1. The number of anilines is 2. The van der Waals surface area contributed by atoms with Gasteiger partial charge in [-0.25, -0.2) is 0 Å². The first-order chi connectivity index (χ1) is 13.9. The molecule has 0 aliphatic carbocycles. The van der Waals surface area contributed by atoms with Crippen LogP contribution in [0.4, 0.5) is 11.4 Å². The van der Waals surface area contributed by atoms with Crippen LogP contribution in [0.2, 0.25) is 0 Å². The summed E-state index contributed by atoms with van der Waals surface area (Å²) in [5.74, 6) is -0.0213. The van der Waals surface area contributed by atoms with Crippen molar-refractivity contribution < 1.29 is 14.6 Å². The lowest BCUT2D eigenvalue weighted by atomic mass is 10.0. The number of amidine groups is 2. The van der Waals surface area contributed by atoms with E-state index < -0.39 is 12.2 Å². The molecule has 0 saturated carbocycles. The number of nitrogens with zero attached hydrogens (tertiary/aromatic N) is 2. The van der Waals surface area contributed by atoms with E-state index in [4.69, 9.17) is 15.9 Å². The predicted molar refractivity (Wildman–Crippen MR) is 111 cm³/mol. The minimum Gasteiger partial charge on any atom is -0.384 e. The molecular formula is C21H23N5O3. The molecule has 2 heterocycles. The average Bonchev–Trinajstić information content (AvgIpc) is 2.73. The highest BCUT2D eigenvalue weighted by molar-refractivity contribution is 6.07. The highest BCUT2D eigenvalue weighted by atomic mass is 16.5. The lowest BCUT2D eigenvalue weighted by molar-refractivity contribution is -0.139. The Bertz CT molecular complexity index is 986. The van der Waals surface area contributed by atoms with Crippen LogP contribution in [-0.4, -0.2) is 48.0 Å². The van der Waals surface area contributed by atoms with E-state index in [0.717, 1.165) is 22.5 Å². The molecule has 1 fully saturated rings. The minimum atomic E-state index is -1.21. The van der Waals surface area contributed by atoms with Gasteiger partial charge in [-0.05, 0) is 42.8 Å². The second kappa shape index (κ2) is 7.65. The number of aliphatic hydroxyl groups is 1. The molecule has 8 nitrogen and oxygen atoms in total. The van der Waals surface area contributed by atoms with Gasteiger partial charge in [0.2, 0.25) is 0 Å². The Hall–Kier alpha value is -3.23. The van der Waals surface area contributed by atoms with Gasteiger partial charge >= 0.3 is 0 Å². The Balaban J connectivity index is 1.51. The monoisotopic (exact) mass is 393 g/mol. The smallest absolute Gasteiger partial charge is 0.259 e. The molecule has 29 heavy (non-hydrogen) atoms. The summed E-state index contributed by atoms with van der Waals surface area (Å²) >= 11 is 0. The largest absolute Gasteiger partial charge is 0.384 e. The van der Waals surface area contributed by atoms with Crippen molar-refractivity contribution in [1.82, 2.24) is 0 Å². The summed E-state index contributed by atoms with van der Waals surface area (Å²) in [5.41, 5.74) is 9.67. The number of rotatable bonds is 4. The molecule has 2 atom stereocenters. The van der Waals surface area contributed by atoms with Crippen LogP contribution in [0.3, 0.4) is 0 Å². The third kappa shape index (κ3) is 3.72. The highest BCUT2D eigenvalue weighted by Gasteiger charge is 2.39. The molecule has 0 unspecified atom stereocenters. The van der Waals surface area contributed by atoms with Gasteiger partial charge in [-0.2, -0.15) is 0 Å². The van der Waals surface area contributed by atoms with E-state index in [1.165, 1.54) is 0 Å². The molecule has 8 heteroatoms. The van der Waals surface area contributed by atoms with Crippen LogP contribution in [0.15, 0.2) is 47.5 Å². The normalized spacial score (nSPS) is 19.8. The number of hydrogen-bond acceptors (Lipinski definition) is 6. The third-order valence-corrected chi connectivity index (χ3v) is 5.13. The number of amides is 1. The van der Waals surface area contributed by atoms with Crippen molar-refractivity contribution in [3.05, 3.63) is 59.2 Å². The molecule has 4 rings (SSSR count). The quantitative estimate of drug-likeness (QED) is 0.462. The molecule has 0 spiro atoms. The third-order valence-electron chi connectivity index (χ3n) is 5.13. The van der Waals surface area contributed by atoms with Crippen LogP contribution in [0, 0.1) is 12.3 Å². The molecule has 0 bridgehead atoms. The van der Waals surface area contributed by atoms with Crippen molar-refractivity contribution in [3.63, 3.8) is 0 Å². The van der Waals surface area contributed by atoms with Gasteiger partial charge in [0.05, 0.1) is 13.2 Å². The summed E-state index contributed by atoms with van der Waals surface area (Å²) in [5, 5.41) is 21.4. The van der Waals surface area contributed by atoms with Gasteiger partial charge in [0, 0.05) is 23.5 Å². The highest BCUT2D eigenvalue weighted by Crippen LogP contribution is 2.25. The Kier molecular flexibility index (Phi) is 5.04. The van der Waals surface area contributed by atoms with E-state index in [9.17, 15) is 9.90 Å². The summed E-state index contributed by atoms with van der Waals surface area (Å²) in [4.78, 5) is 19.0. The fourth-order valence-electron chi connectivity index (χ4n) is 3.49. The molecule has 1 saturated heterocycles. The fraction of sp³-hybridized carbons (Fsp3) is 0.286. The first kappa shape index (κ1) is 19.1. The zero-order valence-electron chi connectivity index (χ0n) is 16.1. The average molecular weight is 393 g/mol. The number of fused-ring (bicyclic) bond motifs is 1. The number of aliphatic hydroxyl groups excluding tert-OH is 1. The number of benzene rings is 2. The van der Waals surface area contributed by atoms with E-state index in [2.05, 4.69) is 10.3 Å². The lowest BCUT2D eigenvalue weighted by Gasteiger charge is -2.35. The molecule has 1 amide bonds. The van der Waals surface area contributed by atoms with Gasteiger partial charge in [0.15, 0.2) is 6.10 Å². The van der Waals surface area contributed by atoms with Gasteiger partial charge < -0.3 is 25.8 Å². The van der Waals surface area contributed by atoms with Gasteiger partial charge in [0.1, 0.15) is 17.8 Å². The zero-order chi connectivity index (χ0) is 20.5. The summed E-state index contributed by atoms with van der Waals surface area (Å²) in [6, 6.07) is 13.0. The lowest BCUT2D eigenvalue weighted by Crippen LogP contribution is -2.55. The summed E-state index contributed by atoms with van der Waals surface area (Å²) in [6.45, 7) is 3.06. The zero-order valence-corrected chi connectivity index (χ0v) is 16.1. The molecule has 0 aromatic heterocycles. The van der Waals surface area contributed by atoms with E-state index in [-0.39, 0.29) is 17.6 Å². The van der Waals surface area contributed by atoms with Crippen molar-refractivity contribution in [2.45, 2.75) is 25.7 Å². The van der Waals surface area contributed by atoms with Crippen molar-refractivity contribution >= 4 is 29.0 Å². The number of aliphatic imine (C=N–C) groups is 1. The first-order valence-corrected chi connectivity index (χ1v) is 9.40. The molecule has 2 aliphatic rings. The molecule has 5 N–H and O–H groups in total. The topological polar surface area (TPSA) is 124 Å². The van der Waals surface area contributed by atoms with Gasteiger partial charge in [-0.15, -0.1) is 0 Å². The number of nitrogens with one attached hydrogen (secondary N) is 2. The number of carbonyl (C=O) groups is 1. The molecular weight excluding hydrogens is 370 g/mol. The second-order valence-electron chi connectivity index (χ2n) is 7.17. The van der Waals surface area contributed by atoms with Crippen molar-refractivity contribution in [1.29, 1.82) is 5.41 Å². The van der Waals surface area contributed by atoms with Crippen LogP contribution in [-0.2, 0) is 16.1 Å². The van der Waals surface area contributed by atoms with Crippen LogP contribution in [0.25, 0.3) is 0 Å². The molecule has 0 radical (unpaired) electrons. The predicted octanol–water partition coefficient (Wildman–Crippen LogP) is 1.40. The van der Waals surface area contributed by atoms with Crippen molar-refractivity contribution in [2.24, 2.45) is 10.7 Å². The van der Waals surface area contributed by atoms with E-state index in [1.807, 2.05) is 31.2 Å². The van der Waals surface area contributed by atoms with Crippen molar-refractivity contribution in [2.75, 3.05) is 23.4 Å². The maximum atomic E-state index is 13.0. The van der Waals surface area contributed by atoms with Crippen LogP contribution in [0.1, 0.15) is 16.7 Å². The number of carbonyl (C=O) groups excluding carboxylic acids is 1. The van der Waals surface area contributed by atoms with Gasteiger partial charge in [-0.3, -0.25) is 15.2 Å². The minimum absolute atomic E-state index is 0.0139. The summed E-state index contributed by atoms with van der Waals surface area (Å²) < 4.78 is 5.61. The number of hydrogen-bond donors (Lipinski definition) is 4. The number of nitrogen functional groups attached to an aromatic ring is 1. The number of nitrogens with two attached hydrogens (primary N) is 1. The number of aryl methyl sites for hydroxylation is 1. The van der Waals surface area contributed by atoms with Crippen LogP contribution < -0.4 is 16.0 Å². The first-order valence-electron chi connectivity index (χ1n) is 9.40. The Morgan fingerprint density at radius 1 is 1.34 bits per heavy atom. The number of morpholine rings is 1. The Morgan fingerprint density at radius 2 is 2.10 bits per heavy atom. The second-order valence-corrected chi connectivity index (χ2v) is 7.17. The van der Waals surface area contributed by atoms with E-state index in [0.29, 0.717) is 25.3 Å². The molecule has 2 aromatic rings. The SMILES string of the molecule is Cc1ccc(N2CCO[C@H]([C@@H](O)C3=NCc4cc(C(=N)N)ccc4N3)C2=O)cc1.